The summed E-state index contributed by atoms with van der Waals surface area (Å²) in [4.78, 5) is 24.4. The predicted octanol–water partition coefficient (Wildman–Crippen LogP) is 0.0933. The Bertz CT molecular complexity index is 426. The van der Waals surface area contributed by atoms with E-state index in [1.54, 1.807) is 6.92 Å². The van der Waals surface area contributed by atoms with Gasteiger partial charge in [-0.15, -0.1) is 0 Å². The Morgan fingerprint density at radius 3 is 2.67 bits per heavy atom. The highest BCUT2D eigenvalue weighted by molar-refractivity contribution is 5.20. The van der Waals surface area contributed by atoms with Gasteiger partial charge in [-0.25, -0.2) is 4.79 Å². The molecule has 7 heteroatoms. The van der Waals surface area contributed by atoms with E-state index in [1.165, 1.54) is 6.92 Å². The number of aromatic nitrogens is 2. The van der Waals surface area contributed by atoms with Crippen molar-refractivity contribution in [2.75, 3.05) is 0 Å². The molecule has 1 N–H and O–H groups in total. The summed E-state index contributed by atoms with van der Waals surface area (Å²) in [6, 6.07) is -0.551. The summed E-state index contributed by atoms with van der Waals surface area (Å²) >= 11 is 0. The molecule has 82 valence electrons. The lowest BCUT2D eigenvalue weighted by Crippen LogP contribution is -2.30. The van der Waals surface area contributed by atoms with Crippen LogP contribution in [0.2, 0.25) is 0 Å². The normalized spacial score (nSPS) is 14.6. The molecular formula is C8H11N3O4. The largest absolute Gasteiger partial charge is 0.391 e. The molecule has 0 amide bonds. The Morgan fingerprint density at radius 2 is 2.20 bits per heavy atom. The van der Waals surface area contributed by atoms with E-state index >= 15 is 0 Å². The third-order valence-corrected chi connectivity index (χ3v) is 2.15. The second-order valence-corrected chi connectivity index (χ2v) is 3.24. The van der Waals surface area contributed by atoms with Crippen molar-refractivity contribution >= 4 is 5.69 Å². The van der Waals surface area contributed by atoms with Crippen LogP contribution in [0.25, 0.3) is 0 Å². The SMILES string of the molecule is CC(O)C(C)n1cc([N+](=O)[O-])cnc1=O. The zero-order valence-electron chi connectivity index (χ0n) is 8.32. The molecule has 2 atom stereocenters. The average molecular weight is 213 g/mol. The van der Waals surface area contributed by atoms with Gasteiger partial charge in [-0.1, -0.05) is 0 Å². The van der Waals surface area contributed by atoms with Gasteiger partial charge < -0.3 is 5.11 Å². The monoisotopic (exact) mass is 213 g/mol. The number of nitro groups is 1. The van der Waals surface area contributed by atoms with Crippen molar-refractivity contribution in [3.05, 3.63) is 33.0 Å². The highest BCUT2D eigenvalue weighted by Crippen LogP contribution is 2.11. The maximum absolute atomic E-state index is 11.3. The Labute approximate surface area is 85.1 Å². The maximum atomic E-state index is 11.3. The summed E-state index contributed by atoms with van der Waals surface area (Å²) in [5.74, 6) is 0. The molecule has 0 fully saturated rings. The van der Waals surface area contributed by atoms with Crippen LogP contribution in [0.3, 0.4) is 0 Å². The molecule has 7 nitrogen and oxygen atoms in total. The zero-order valence-corrected chi connectivity index (χ0v) is 8.32. The second kappa shape index (κ2) is 4.18. The van der Waals surface area contributed by atoms with Crippen LogP contribution in [0.15, 0.2) is 17.2 Å². The molecule has 0 bridgehead atoms. The molecule has 0 saturated carbocycles. The average Bonchev–Trinajstić information content (AvgIpc) is 2.16. The van der Waals surface area contributed by atoms with Crippen LogP contribution in [-0.4, -0.2) is 25.7 Å². The molecule has 2 unspecified atom stereocenters. The second-order valence-electron chi connectivity index (χ2n) is 3.24. The van der Waals surface area contributed by atoms with Crippen molar-refractivity contribution in [2.45, 2.75) is 26.0 Å². The van der Waals surface area contributed by atoms with Crippen LogP contribution in [0, 0.1) is 10.1 Å². The fraction of sp³-hybridized carbons (Fsp3) is 0.500. The topological polar surface area (TPSA) is 98.3 Å². The molecule has 0 spiro atoms. The van der Waals surface area contributed by atoms with Crippen molar-refractivity contribution < 1.29 is 10.0 Å². The summed E-state index contributed by atoms with van der Waals surface area (Å²) in [7, 11) is 0. The molecule has 1 aromatic rings. The molecule has 0 radical (unpaired) electrons. The van der Waals surface area contributed by atoms with Gasteiger partial charge in [0.2, 0.25) is 0 Å². The predicted molar refractivity (Wildman–Crippen MR) is 51.5 cm³/mol. The van der Waals surface area contributed by atoms with E-state index in [0.717, 1.165) is 17.0 Å². The van der Waals surface area contributed by atoms with Gasteiger partial charge >= 0.3 is 11.4 Å². The van der Waals surface area contributed by atoms with Crippen LogP contribution in [0.5, 0.6) is 0 Å². The zero-order chi connectivity index (χ0) is 11.6. The maximum Gasteiger partial charge on any atom is 0.348 e. The Kier molecular flexibility index (Phi) is 3.15. The molecule has 0 aliphatic heterocycles. The third kappa shape index (κ3) is 2.38. The minimum atomic E-state index is -0.786. The lowest BCUT2D eigenvalue weighted by atomic mass is 10.2. The van der Waals surface area contributed by atoms with E-state index in [-0.39, 0.29) is 5.69 Å². The Hall–Kier alpha value is -1.76. The van der Waals surface area contributed by atoms with Gasteiger partial charge in [-0.2, -0.15) is 4.98 Å². The molecule has 0 aromatic carbocycles. The van der Waals surface area contributed by atoms with E-state index in [1.807, 2.05) is 0 Å². The van der Waals surface area contributed by atoms with Crippen LogP contribution in [0.1, 0.15) is 19.9 Å². The number of rotatable bonds is 3. The highest BCUT2D eigenvalue weighted by atomic mass is 16.6. The van der Waals surface area contributed by atoms with Gasteiger partial charge in [-0.3, -0.25) is 14.7 Å². The number of aliphatic hydroxyl groups is 1. The molecule has 0 saturated heterocycles. The van der Waals surface area contributed by atoms with Crippen molar-refractivity contribution in [1.29, 1.82) is 0 Å². The van der Waals surface area contributed by atoms with E-state index in [9.17, 15) is 20.0 Å². The van der Waals surface area contributed by atoms with E-state index in [4.69, 9.17) is 0 Å². The van der Waals surface area contributed by atoms with Crippen LogP contribution in [0.4, 0.5) is 5.69 Å². The molecule has 0 aliphatic rings. The number of nitrogens with zero attached hydrogens (tertiary/aromatic N) is 3. The van der Waals surface area contributed by atoms with Gasteiger partial charge in [0.25, 0.3) is 0 Å². The van der Waals surface area contributed by atoms with Crippen molar-refractivity contribution in [2.24, 2.45) is 0 Å². The summed E-state index contributed by atoms with van der Waals surface area (Å²) in [6.07, 6.45) is 1.19. The van der Waals surface area contributed by atoms with E-state index in [2.05, 4.69) is 4.98 Å². The van der Waals surface area contributed by atoms with Gasteiger partial charge in [0.05, 0.1) is 23.3 Å². The van der Waals surface area contributed by atoms with E-state index in [0.29, 0.717) is 0 Å². The first-order chi connectivity index (χ1) is 6.93. The number of hydrogen-bond donors (Lipinski definition) is 1. The first kappa shape index (κ1) is 11.3. The molecular weight excluding hydrogens is 202 g/mol. The van der Waals surface area contributed by atoms with Crippen LogP contribution in [-0.2, 0) is 0 Å². The number of aliphatic hydroxyl groups excluding tert-OH is 1. The quantitative estimate of drug-likeness (QED) is 0.566. The fourth-order valence-electron chi connectivity index (χ4n) is 1.04. The van der Waals surface area contributed by atoms with Crippen molar-refractivity contribution in [3.63, 3.8) is 0 Å². The smallest absolute Gasteiger partial charge is 0.348 e. The minimum Gasteiger partial charge on any atom is -0.391 e. The standard InChI is InChI=1S/C8H11N3O4/c1-5(6(2)12)10-4-7(11(14)15)3-9-8(10)13/h3-6,12H,1-2H3. The molecule has 1 rings (SSSR count). The lowest BCUT2D eigenvalue weighted by Gasteiger charge is -2.16. The fourth-order valence-corrected chi connectivity index (χ4v) is 1.04. The first-order valence-electron chi connectivity index (χ1n) is 4.34. The molecule has 1 aromatic heterocycles. The first-order valence-corrected chi connectivity index (χ1v) is 4.34. The summed E-state index contributed by atoms with van der Waals surface area (Å²) in [6.45, 7) is 3.08. The summed E-state index contributed by atoms with van der Waals surface area (Å²) in [5.41, 5.74) is -0.892. The van der Waals surface area contributed by atoms with Crippen LogP contribution < -0.4 is 5.69 Å². The van der Waals surface area contributed by atoms with Crippen molar-refractivity contribution in [1.82, 2.24) is 9.55 Å². The molecule has 0 aliphatic carbocycles. The molecule has 1 heterocycles. The summed E-state index contributed by atoms with van der Waals surface area (Å²) in [5, 5.41) is 19.7. The van der Waals surface area contributed by atoms with Crippen molar-refractivity contribution in [3.8, 4) is 0 Å². The number of hydrogen-bond acceptors (Lipinski definition) is 5. The summed E-state index contributed by atoms with van der Waals surface area (Å²) < 4.78 is 1.04. The Balaban J connectivity index is 3.22. The minimum absolute atomic E-state index is 0.276. The van der Waals surface area contributed by atoms with Gasteiger partial charge in [0.15, 0.2) is 0 Å². The third-order valence-electron chi connectivity index (χ3n) is 2.15. The molecule has 15 heavy (non-hydrogen) atoms. The lowest BCUT2D eigenvalue weighted by molar-refractivity contribution is -0.385. The van der Waals surface area contributed by atoms with Gasteiger partial charge in [-0.05, 0) is 13.8 Å². The Morgan fingerprint density at radius 1 is 1.60 bits per heavy atom. The van der Waals surface area contributed by atoms with Gasteiger partial charge in [0.1, 0.15) is 6.20 Å². The van der Waals surface area contributed by atoms with Gasteiger partial charge in [0, 0.05) is 0 Å². The van der Waals surface area contributed by atoms with Crippen LogP contribution >= 0.6 is 0 Å². The highest BCUT2D eigenvalue weighted by Gasteiger charge is 2.16. The van der Waals surface area contributed by atoms with E-state index < -0.39 is 22.8 Å².